The van der Waals surface area contributed by atoms with Crippen LogP contribution in [0.4, 0.5) is 0 Å². The first kappa shape index (κ1) is 19.0. The highest BCUT2D eigenvalue weighted by molar-refractivity contribution is 6.07. The van der Waals surface area contributed by atoms with Gasteiger partial charge in [0, 0.05) is 18.7 Å². The molecule has 1 amide bonds. The van der Waals surface area contributed by atoms with Gasteiger partial charge in [-0.1, -0.05) is 48.5 Å². The fraction of sp³-hybridized carbons (Fsp3) is 0.250. The van der Waals surface area contributed by atoms with E-state index in [4.69, 9.17) is 9.84 Å². The average Bonchev–Trinajstić information content (AvgIpc) is 2.77. The molecule has 0 aromatic heterocycles. The molecule has 148 valence electrons. The molecule has 3 aromatic carbocycles. The summed E-state index contributed by atoms with van der Waals surface area (Å²) < 4.78 is 5.19. The molecule has 1 aliphatic rings. The van der Waals surface area contributed by atoms with E-state index in [-0.39, 0.29) is 12.5 Å². The fourth-order valence-corrected chi connectivity index (χ4v) is 3.98. The molecular weight excluding hydrogens is 366 g/mol. The summed E-state index contributed by atoms with van der Waals surface area (Å²) in [6.07, 6.45) is 1.82. The van der Waals surface area contributed by atoms with Crippen molar-refractivity contribution in [2.75, 3.05) is 19.7 Å². The molecule has 1 aliphatic heterocycles. The van der Waals surface area contributed by atoms with E-state index >= 15 is 0 Å². The van der Waals surface area contributed by atoms with Crippen LogP contribution in [0, 0.1) is 0 Å². The monoisotopic (exact) mass is 389 g/mol. The number of hydrogen-bond donors (Lipinski definition) is 1. The number of carboxylic acid groups (broad SMARTS) is 1. The molecule has 4 rings (SSSR count). The van der Waals surface area contributed by atoms with Crippen LogP contribution in [0.5, 0.6) is 5.75 Å². The van der Waals surface area contributed by atoms with Gasteiger partial charge in [-0.05, 0) is 53.3 Å². The molecule has 3 aromatic rings. The van der Waals surface area contributed by atoms with Gasteiger partial charge in [0.05, 0.1) is 0 Å². The van der Waals surface area contributed by atoms with Crippen molar-refractivity contribution in [3.05, 3.63) is 77.9 Å². The SMILES string of the molecule is O=C(O)COc1ccc(C2CCN(C(=O)c3cccc4ccccc34)CC2)cc1. The Morgan fingerprint density at radius 2 is 1.62 bits per heavy atom. The molecule has 1 fully saturated rings. The maximum Gasteiger partial charge on any atom is 0.341 e. The number of hydrogen-bond acceptors (Lipinski definition) is 3. The normalized spacial score (nSPS) is 14.7. The largest absolute Gasteiger partial charge is 0.482 e. The lowest BCUT2D eigenvalue weighted by Gasteiger charge is -2.32. The Kier molecular flexibility index (Phi) is 5.47. The summed E-state index contributed by atoms with van der Waals surface area (Å²) in [4.78, 5) is 25.6. The number of carbonyl (C=O) groups excluding carboxylic acids is 1. The number of aliphatic carboxylic acids is 1. The number of carbonyl (C=O) groups is 2. The Morgan fingerprint density at radius 3 is 2.34 bits per heavy atom. The van der Waals surface area contributed by atoms with Crippen LogP contribution in [0.1, 0.15) is 34.7 Å². The van der Waals surface area contributed by atoms with Gasteiger partial charge in [0.2, 0.25) is 0 Å². The van der Waals surface area contributed by atoms with Crippen LogP contribution < -0.4 is 4.74 Å². The number of fused-ring (bicyclic) bond motifs is 1. The zero-order valence-electron chi connectivity index (χ0n) is 16.1. The first-order valence-corrected chi connectivity index (χ1v) is 9.83. The molecule has 0 radical (unpaired) electrons. The number of rotatable bonds is 5. The van der Waals surface area contributed by atoms with Crippen LogP contribution in [-0.2, 0) is 4.79 Å². The number of benzene rings is 3. The van der Waals surface area contributed by atoms with Gasteiger partial charge in [-0.2, -0.15) is 0 Å². The second-order valence-corrected chi connectivity index (χ2v) is 7.34. The van der Waals surface area contributed by atoms with Gasteiger partial charge in [-0.25, -0.2) is 4.79 Å². The summed E-state index contributed by atoms with van der Waals surface area (Å²) >= 11 is 0. The number of piperidine rings is 1. The Bertz CT molecular complexity index is 1020. The minimum atomic E-state index is -0.989. The first-order valence-electron chi connectivity index (χ1n) is 9.83. The van der Waals surface area contributed by atoms with Crippen LogP contribution >= 0.6 is 0 Å². The van der Waals surface area contributed by atoms with Gasteiger partial charge in [-0.15, -0.1) is 0 Å². The molecule has 0 saturated carbocycles. The van der Waals surface area contributed by atoms with Gasteiger partial charge in [0.15, 0.2) is 6.61 Å². The molecule has 1 saturated heterocycles. The van der Waals surface area contributed by atoms with E-state index in [1.54, 1.807) is 0 Å². The van der Waals surface area contributed by atoms with E-state index in [9.17, 15) is 9.59 Å². The van der Waals surface area contributed by atoms with Crippen LogP contribution in [0.15, 0.2) is 66.7 Å². The summed E-state index contributed by atoms with van der Waals surface area (Å²) in [7, 11) is 0. The van der Waals surface area contributed by atoms with Crippen LogP contribution in [0.2, 0.25) is 0 Å². The summed E-state index contributed by atoms with van der Waals surface area (Å²) in [6, 6.07) is 21.5. The Balaban J connectivity index is 1.40. The van der Waals surface area contributed by atoms with Gasteiger partial charge >= 0.3 is 5.97 Å². The van der Waals surface area contributed by atoms with Crippen molar-refractivity contribution in [2.24, 2.45) is 0 Å². The zero-order valence-corrected chi connectivity index (χ0v) is 16.1. The molecule has 0 bridgehead atoms. The molecule has 0 spiro atoms. The quantitative estimate of drug-likeness (QED) is 0.706. The van der Waals surface area contributed by atoms with E-state index < -0.39 is 5.97 Å². The predicted octanol–water partition coefficient (Wildman–Crippen LogP) is 4.32. The number of amides is 1. The molecule has 1 N–H and O–H groups in total. The highest BCUT2D eigenvalue weighted by atomic mass is 16.5. The lowest BCUT2D eigenvalue weighted by molar-refractivity contribution is -0.139. The summed E-state index contributed by atoms with van der Waals surface area (Å²) in [5, 5.41) is 10.8. The second kappa shape index (κ2) is 8.35. The van der Waals surface area contributed by atoms with Crippen molar-refractivity contribution in [1.29, 1.82) is 0 Å². The van der Waals surface area contributed by atoms with E-state index in [2.05, 4.69) is 0 Å². The van der Waals surface area contributed by atoms with Gasteiger partial charge in [0.1, 0.15) is 5.75 Å². The summed E-state index contributed by atoms with van der Waals surface area (Å²) in [5.74, 6) is 0.0507. The molecule has 0 atom stereocenters. The Labute approximate surface area is 169 Å². The van der Waals surface area contributed by atoms with Crippen molar-refractivity contribution >= 4 is 22.6 Å². The third-order valence-electron chi connectivity index (χ3n) is 5.52. The Hall–Kier alpha value is -3.34. The lowest BCUT2D eigenvalue weighted by Crippen LogP contribution is -2.38. The van der Waals surface area contributed by atoms with Crippen LogP contribution in [0.25, 0.3) is 10.8 Å². The molecule has 1 heterocycles. The lowest BCUT2D eigenvalue weighted by atomic mass is 9.89. The summed E-state index contributed by atoms with van der Waals surface area (Å²) in [5.41, 5.74) is 1.96. The van der Waals surface area contributed by atoms with Crippen LogP contribution in [-0.4, -0.2) is 41.6 Å². The van der Waals surface area contributed by atoms with Crippen molar-refractivity contribution in [3.63, 3.8) is 0 Å². The Morgan fingerprint density at radius 1 is 0.931 bits per heavy atom. The number of nitrogens with zero attached hydrogens (tertiary/aromatic N) is 1. The maximum atomic E-state index is 13.1. The molecule has 5 nitrogen and oxygen atoms in total. The number of carboxylic acids is 1. The van der Waals surface area contributed by atoms with E-state index in [0.717, 1.165) is 42.3 Å². The highest BCUT2D eigenvalue weighted by Crippen LogP contribution is 2.30. The summed E-state index contributed by atoms with van der Waals surface area (Å²) in [6.45, 7) is 1.11. The third-order valence-corrected chi connectivity index (χ3v) is 5.52. The van der Waals surface area contributed by atoms with E-state index in [1.807, 2.05) is 71.6 Å². The van der Waals surface area contributed by atoms with E-state index in [1.165, 1.54) is 5.56 Å². The maximum absolute atomic E-state index is 13.1. The number of likely N-dealkylation sites (tertiary alicyclic amines) is 1. The number of ether oxygens (including phenoxy) is 1. The fourth-order valence-electron chi connectivity index (χ4n) is 3.98. The highest BCUT2D eigenvalue weighted by Gasteiger charge is 2.25. The minimum Gasteiger partial charge on any atom is -0.482 e. The topological polar surface area (TPSA) is 66.8 Å². The molecule has 5 heteroatoms. The van der Waals surface area contributed by atoms with E-state index in [0.29, 0.717) is 11.7 Å². The molecule has 29 heavy (non-hydrogen) atoms. The molecule has 0 aliphatic carbocycles. The predicted molar refractivity (Wildman–Crippen MR) is 111 cm³/mol. The average molecular weight is 389 g/mol. The van der Waals surface area contributed by atoms with Crippen molar-refractivity contribution in [2.45, 2.75) is 18.8 Å². The van der Waals surface area contributed by atoms with Crippen LogP contribution in [0.3, 0.4) is 0 Å². The van der Waals surface area contributed by atoms with Gasteiger partial charge in [0.25, 0.3) is 5.91 Å². The zero-order chi connectivity index (χ0) is 20.2. The van der Waals surface area contributed by atoms with Crippen molar-refractivity contribution in [1.82, 2.24) is 4.90 Å². The van der Waals surface area contributed by atoms with Gasteiger partial charge in [-0.3, -0.25) is 4.79 Å². The standard InChI is InChI=1S/C24H23NO4/c26-23(27)16-29-20-10-8-17(9-11-20)18-12-14-25(15-13-18)24(28)22-7-3-5-19-4-1-2-6-21(19)22/h1-11,18H,12-16H2,(H,26,27). The van der Waals surface area contributed by atoms with Crippen molar-refractivity contribution < 1.29 is 19.4 Å². The van der Waals surface area contributed by atoms with Crippen molar-refractivity contribution in [3.8, 4) is 5.75 Å². The van der Waals surface area contributed by atoms with Gasteiger partial charge < -0.3 is 14.7 Å². The third kappa shape index (κ3) is 4.24. The second-order valence-electron chi connectivity index (χ2n) is 7.34. The molecule has 0 unspecified atom stereocenters. The first-order chi connectivity index (χ1) is 14.1. The minimum absolute atomic E-state index is 0.0951. The molecular formula is C24H23NO4. The smallest absolute Gasteiger partial charge is 0.341 e.